The Labute approximate surface area is 119 Å². The van der Waals surface area contributed by atoms with Crippen LogP contribution in [0.5, 0.6) is 0 Å². The van der Waals surface area contributed by atoms with E-state index in [0.717, 1.165) is 16.7 Å². The second-order valence-corrected chi connectivity index (χ2v) is 5.74. The van der Waals surface area contributed by atoms with Crippen LogP contribution in [0.25, 0.3) is 0 Å². The Morgan fingerprint density at radius 1 is 1.11 bits per heavy atom. The number of hydrogen-bond acceptors (Lipinski definition) is 2. The molecule has 18 heavy (non-hydrogen) atoms. The van der Waals surface area contributed by atoms with Gasteiger partial charge in [0.05, 0.1) is 6.26 Å². The SMILES string of the molecule is CCCCCCCCCCC(N)c1ccoc1Br. The summed E-state index contributed by atoms with van der Waals surface area (Å²) < 4.78 is 5.99. The maximum absolute atomic E-state index is 6.13. The largest absolute Gasteiger partial charge is 0.457 e. The third kappa shape index (κ3) is 6.05. The van der Waals surface area contributed by atoms with E-state index in [1.165, 1.54) is 51.4 Å². The van der Waals surface area contributed by atoms with Crippen molar-refractivity contribution >= 4 is 15.9 Å². The lowest BCUT2D eigenvalue weighted by Crippen LogP contribution is -2.09. The average molecular weight is 316 g/mol. The van der Waals surface area contributed by atoms with Gasteiger partial charge in [0.2, 0.25) is 0 Å². The lowest BCUT2D eigenvalue weighted by Gasteiger charge is -2.09. The molecule has 1 unspecified atom stereocenters. The quantitative estimate of drug-likeness (QED) is 0.573. The fourth-order valence-electron chi connectivity index (χ4n) is 2.22. The number of rotatable bonds is 10. The van der Waals surface area contributed by atoms with E-state index in [2.05, 4.69) is 22.9 Å². The highest BCUT2D eigenvalue weighted by molar-refractivity contribution is 9.10. The van der Waals surface area contributed by atoms with E-state index < -0.39 is 0 Å². The highest BCUT2D eigenvalue weighted by Crippen LogP contribution is 2.26. The fraction of sp³-hybridized carbons (Fsp3) is 0.733. The second-order valence-electron chi connectivity index (χ2n) is 5.02. The van der Waals surface area contributed by atoms with Gasteiger partial charge in [-0.1, -0.05) is 58.3 Å². The molecule has 0 saturated carbocycles. The van der Waals surface area contributed by atoms with Gasteiger partial charge in [0.15, 0.2) is 4.67 Å². The van der Waals surface area contributed by atoms with Gasteiger partial charge in [0.1, 0.15) is 0 Å². The predicted octanol–water partition coefficient (Wildman–Crippen LogP) is 5.57. The van der Waals surface area contributed by atoms with Crippen molar-refractivity contribution in [2.75, 3.05) is 0 Å². The van der Waals surface area contributed by atoms with Gasteiger partial charge in [0, 0.05) is 11.6 Å². The first-order valence-corrected chi connectivity index (χ1v) is 8.03. The van der Waals surface area contributed by atoms with E-state index in [4.69, 9.17) is 10.2 Å². The van der Waals surface area contributed by atoms with Gasteiger partial charge in [-0.2, -0.15) is 0 Å². The Bertz CT molecular complexity index is 311. The highest BCUT2D eigenvalue weighted by Gasteiger charge is 2.11. The van der Waals surface area contributed by atoms with Crippen molar-refractivity contribution in [1.29, 1.82) is 0 Å². The first kappa shape index (κ1) is 15.8. The molecule has 2 N–H and O–H groups in total. The third-order valence-corrected chi connectivity index (χ3v) is 4.06. The summed E-state index contributed by atoms with van der Waals surface area (Å²) in [7, 11) is 0. The van der Waals surface area contributed by atoms with Crippen LogP contribution < -0.4 is 5.73 Å². The van der Waals surface area contributed by atoms with Crippen LogP contribution >= 0.6 is 15.9 Å². The van der Waals surface area contributed by atoms with Crippen molar-refractivity contribution < 1.29 is 4.42 Å². The molecule has 2 nitrogen and oxygen atoms in total. The summed E-state index contributed by atoms with van der Waals surface area (Å²) in [5.74, 6) is 0. The number of unbranched alkanes of at least 4 members (excludes halogenated alkanes) is 7. The normalized spacial score (nSPS) is 12.8. The Morgan fingerprint density at radius 2 is 1.72 bits per heavy atom. The number of hydrogen-bond donors (Lipinski definition) is 1. The summed E-state index contributed by atoms with van der Waals surface area (Å²) in [4.78, 5) is 0. The third-order valence-electron chi connectivity index (χ3n) is 3.41. The number of furan rings is 1. The molecule has 0 saturated heterocycles. The zero-order chi connectivity index (χ0) is 13.2. The maximum Gasteiger partial charge on any atom is 0.173 e. The molecular formula is C15H26BrNO. The molecule has 104 valence electrons. The molecule has 0 aliphatic rings. The van der Waals surface area contributed by atoms with Gasteiger partial charge in [0.25, 0.3) is 0 Å². The zero-order valence-electron chi connectivity index (χ0n) is 11.5. The van der Waals surface area contributed by atoms with E-state index in [1.54, 1.807) is 6.26 Å². The molecule has 1 rings (SSSR count). The van der Waals surface area contributed by atoms with E-state index in [0.29, 0.717) is 0 Å². The summed E-state index contributed by atoms with van der Waals surface area (Å²) in [6.45, 7) is 2.26. The fourth-order valence-corrected chi connectivity index (χ4v) is 2.76. The van der Waals surface area contributed by atoms with E-state index in [-0.39, 0.29) is 6.04 Å². The molecule has 0 aliphatic heterocycles. The average Bonchev–Trinajstić information content (AvgIpc) is 2.79. The van der Waals surface area contributed by atoms with Crippen molar-refractivity contribution in [2.45, 2.75) is 70.8 Å². The molecule has 1 aromatic heterocycles. The van der Waals surface area contributed by atoms with Gasteiger partial charge >= 0.3 is 0 Å². The van der Waals surface area contributed by atoms with Crippen LogP contribution in [0.3, 0.4) is 0 Å². The van der Waals surface area contributed by atoms with E-state index in [9.17, 15) is 0 Å². The molecule has 3 heteroatoms. The number of nitrogens with two attached hydrogens (primary N) is 1. The molecular weight excluding hydrogens is 290 g/mol. The Kier molecular flexibility index (Phi) is 8.44. The van der Waals surface area contributed by atoms with Crippen LogP contribution in [0.15, 0.2) is 21.4 Å². The molecule has 1 atom stereocenters. The van der Waals surface area contributed by atoms with Crippen molar-refractivity contribution in [3.63, 3.8) is 0 Å². The molecule has 0 fully saturated rings. The van der Waals surface area contributed by atoms with Crippen molar-refractivity contribution in [3.8, 4) is 0 Å². The molecule has 0 spiro atoms. The van der Waals surface area contributed by atoms with Gasteiger partial charge in [-0.25, -0.2) is 0 Å². The summed E-state index contributed by atoms with van der Waals surface area (Å²) in [6.07, 6.45) is 13.5. The van der Waals surface area contributed by atoms with Crippen molar-refractivity contribution in [1.82, 2.24) is 0 Å². The molecule has 0 aromatic carbocycles. The summed E-state index contributed by atoms with van der Waals surface area (Å²) in [6, 6.07) is 2.07. The van der Waals surface area contributed by atoms with Gasteiger partial charge in [-0.05, 0) is 28.4 Å². The van der Waals surface area contributed by atoms with Crippen LogP contribution in [-0.2, 0) is 0 Å². The molecule has 1 aromatic rings. The molecule has 0 amide bonds. The minimum absolute atomic E-state index is 0.109. The van der Waals surface area contributed by atoms with Gasteiger partial charge in [-0.15, -0.1) is 0 Å². The van der Waals surface area contributed by atoms with E-state index >= 15 is 0 Å². The molecule has 0 radical (unpaired) electrons. The van der Waals surface area contributed by atoms with Crippen LogP contribution in [0, 0.1) is 0 Å². The number of halogens is 1. The smallest absolute Gasteiger partial charge is 0.173 e. The Balaban J connectivity index is 1.99. The molecule has 1 heterocycles. The Hall–Kier alpha value is -0.280. The topological polar surface area (TPSA) is 39.2 Å². The van der Waals surface area contributed by atoms with E-state index in [1.807, 2.05) is 6.07 Å². The Morgan fingerprint density at radius 3 is 2.28 bits per heavy atom. The monoisotopic (exact) mass is 315 g/mol. The molecule has 0 bridgehead atoms. The lowest BCUT2D eigenvalue weighted by molar-refractivity contribution is 0.512. The minimum atomic E-state index is 0.109. The molecule has 0 aliphatic carbocycles. The predicted molar refractivity (Wildman–Crippen MR) is 80.6 cm³/mol. The highest BCUT2D eigenvalue weighted by atomic mass is 79.9. The van der Waals surface area contributed by atoms with Crippen LogP contribution in [0.1, 0.15) is 76.3 Å². The first-order chi connectivity index (χ1) is 8.75. The summed E-state index contributed by atoms with van der Waals surface area (Å²) in [5, 5.41) is 0. The second kappa shape index (κ2) is 9.62. The summed E-state index contributed by atoms with van der Waals surface area (Å²) in [5.41, 5.74) is 7.23. The first-order valence-electron chi connectivity index (χ1n) is 7.24. The van der Waals surface area contributed by atoms with Gasteiger partial charge < -0.3 is 10.2 Å². The summed E-state index contributed by atoms with van der Waals surface area (Å²) >= 11 is 3.38. The van der Waals surface area contributed by atoms with Crippen LogP contribution in [-0.4, -0.2) is 0 Å². The standard InChI is InChI=1S/C15H26BrNO/c1-2-3-4-5-6-7-8-9-10-14(17)13-11-12-18-15(13)16/h11-12,14H,2-10,17H2,1H3. The zero-order valence-corrected chi connectivity index (χ0v) is 13.0. The van der Waals surface area contributed by atoms with Crippen molar-refractivity contribution in [3.05, 3.63) is 22.6 Å². The van der Waals surface area contributed by atoms with Crippen LogP contribution in [0.4, 0.5) is 0 Å². The van der Waals surface area contributed by atoms with Crippen LogP contribution in [0.2, 0.25) is 0 Å². The minimum Gasteiger partial charge on any atom is -0.457 e. The van der Waals surface area contributed by atoms with Crippen molar-refractivity contribution in [2.24, 2.45) is 5.73 Å². The van der Waals surface area contributed by atoms with Gasteiger partial charge in [-0.3, -0.25) is 0 Å². The lowest BCUT2D eigenvalue weighted by atomic mass is 10.0. The maximum atomic E-state index is 6.13.